The molecule has 0 saturated carbocycles. The van der Waals surface area contributed by atoms with Gasteiger partial charge in [0, 0.05) is 44.1 Å². The van der Waals surface area contributed by atoms with Gasteiger partial charge in [-0.15, -0.1) is 0 Å². The van der Waals surface area contributed by atoms with Crippen LogP contribution in [0.3, 0.4) is 0 Å². The lowest BCUT2D eigenvalue weighted by Gasteiger charge is -2.48. The van der Waals surface area contributed by atoms with Crippen LogP contribution in [0.2, 0.25) is 25.7 Å². The predicted octanol–water partition coefficient (Wildman–Crippen LogP) is 3.72. The summed E-state index contributed by atoms with van der Waals surface area (Å²) in [6, 6.07) is 1.13. The summed E-state index contributed by atoms with van der Waals surface area (Å²) in [5.41, 5.74) is 1.12. The lowest BCUT2D eigenvalue weighted by Crippen LogP contribution is -2.61. The predicted molar refractivity (Wildman–Crippen MR) is 114 cm³/mol. The molecule has 0 aromatic heterocycles. The van der Waals surface area contributed by atoms with Crippen molar-refractivity contribution in [2.75, 3.05) is 39.4 Å². The zero-order chi connectivity index (χ0) is 19.1. The average Bonchev–Trinajstić information content (AvgIpc) is 2.51. The van der Waals surface area contributed by atoms with E-state index in [0.717, 1.165) is 24.9 Å². The summed E-state index contributed by atoms with van der Waals surface area (Å²) in [7, 11) is -2.61. The molecule has 1 aliphatic heterocycles. The van der Waals surface area contributed by atoms with Crippen molar-refractivity contribution in [3.05, 3.63) is 0 Å². The van der Waals surface area contributed by atoms with Crippen molar-refractivity contribution in [2.24, 2.45) is 0 Å². The van der Waals surface area contributed by atoms with Crippen LogP contribution >= 0.6 is 0 Å². The van der Waals surface area contributed by atoms with Crippen molar-refractivity contribution in [2.45, 2.75) is 84.3 Å². The summed E-state index contributed by atoms with van der Waals surface area (Å²) >= 11 is 0. The standard InChI is InChI=1S/C19H44N2O2Si2/c1-9-22-25(8,23-10-2)16-12-11-13-20-14-15-21(19(3,4)5)17-18(20)24(6)7/h18,24H,9-17H2,1-8H3. The highest BCUT2D eigenvalue weighted by molar-refractivity contribution is 6.66. The summed E-state index contributed by atoms with van der Waals surface area (Å²) in [6.45, 7) is 25.0. The maximum atomic E-state index is 5.98. The van der Waals surface area contributed by atoms with E-state index in [2.05, 4.69) is 64.1 Å². The summed E-state index contributed by atoms with van der Waals surface area (Å²) in [6.07, 6.45) is 2.50. The summed E-state index contributed by atoms with van der Waals surface area (Å²) in [5, 5.41) is 0. The molecule has 1 aliphatic rings. The highest BCUT2D eigenvalue weighted by Crippen LogP contribution is 2.22. The minimum absolute atomic E-state index is 0.302. The molecule has 0 spiro atoms. The van der Waals surface area contributed by atoms with Gasteiger partial charge >= 0.3 is 8.56 Å². The van der Waals surface area contributed by atoms with Crippen LogP contribution in [0, 0.1) is 0 Å². The maximum Gasteiger partial charge on any atom is 0.334 e. The fourth-order valence-electron chi connectivity index (χ4n) is 3.92. The van der Waals surface area contributed by atoms with E-state index in [4.69, 9.17) is 8.85 Å². The van der Waals surface area contributed by atoms with E-state index < -0.39 is 17.4 Å². The zero-order valence-electron chi connectivity index (χ0n) is 18.2. The Bertz CT molecular complexity index is 369. The maximum absolute atomic E-state index is 5.98. The molecular weight excluding hydrogens is 344 g/mol. The van der Waals surface area contributed by atoms with Gasteiger partial charge < -0.3 is 13.8 Å². The van der Waals surface area contributed by atoms with E-state index in [1.54, 1.807) is 0 Å². The molecule has 0 radical (unpaired) electrons. The first kappa shape index (κ1) is 23.3. The van der Waals surface area contributed by atoms with Crippen molar-refractivity contribution in [1.82, 2.24) is 9.80 Å². The third-order valence-electron chi connectivity index (χ3n) is 5.48. The van der Waals surface area contributed by atoms with E-state index in [9.17, 15) is 0 Å². The van der Waals surface area contributed by atoms with E-state index in [0.29, 0.717) is 5.54 Å². The van der Waals surface area contributed by atoms with E-state index in [1.807, 2.05) is 0 Å². The van der Waals surface area contributed by atoms with Gasteiger partial charge in [-0.25, -0.2) is 0 Å². The van der Waals surface area contributed by atoms with Crippen LogP contribution in [-0.4, -0.2) is 77.8 Å². The van der Waals surface area contributed by atoms with Gasteiger partial charge in [-0.2, -0.15) is 0 Å². The number of hydrogen-bond donors (Lipinski definition) is 0. The Morgan fingerprint density at radius 1 is 1.04 bits per heavy atom. The highest BCUT2D eigenvalue weighted by atomic mass is 28.4. The van der Waals surface area contributed by atoms with Gasteiger partial charge in [-0.3, -0.25) is 4.90 Å². The molecule has 1 heterocycles. The zero-order valence-corrected chi connectivity index (χ0v) is 20.4. The van der Waals surface area contributed by atoms with Gasteiger partial charge in [0.05, 0.1) is 8.80 Å². The van der Waals surface area contributed by atoms with Crippen molar-refractivity contribution < 1.29 is 8.85 Å². The molecule has 0 aliphatic carbocycles. The number of piperazine rings is 1. The first-order valence-corrected chi connectivity index (χ1v) is 15.9. The Morgan fingerprint density at radius 2 is 1.64 bits per heavy atom. The van der Waals surface area contributed by atoms with Crippen molar-refractivity contribution in [3.8, 4) is 0 Å². The smallest absolute Gasteiger partial charge is 0.334 e. The van der Waals surface area contributed by atoms with Crippen LogP contribution in [0.15, 0.2) is 0 Å². The quantitative estimate of drug-likeness (QED) is 0.420. The Balaban J connectivity index is 2.47. The van der Waals surface area contributed by atoms with Gasteiger partial charge in [0.25, 0.3) is 0 Å². The molecule has 0 aromatic carbocycles. The van der Waals surface area contributed by atoms with Crippen LogP contribution in [0.4, 0.5) is 0 Å². The fourth-order valence-corrected chi connectivity index (χ4v) is 8.23. The Kier molecular flexibility index (Phi) is 9.85. The van der Waals surface area contributed by atoms with Crippen LogP contribution in [0.1, 0.15) is 47.5 Å². The van der Waals surface area contributed by atoms with E-state index in [-0.39, 0.29) is 0 Å². The van der Waals surface area contributed by atoms with Gasteiger partial charge in [0.2, 0.25) is 0 Å². The fraction of sp³-hybridized carbons (Fsp3) is 1.00. The second-order valence-corrected chi connectivity index (χ2v) is 15.5. The Morgan fingerprint density at radius 3 is 2.12 bits per heavy atom. The second-order valence-electron chi connectivity index (χ2n) is 8.92. The van der Waals surface area contributed by atoms with Crippen LogP contribution in [-0.2, 0) is 8.85 Å². The average molecular weight is 389 g/mol. The van der Waals surface area contributed by atoms with Crippen LogP contribution < -0.4 is 0 Å². The molecule has 1 rings (SSSR count). The largest absolute Gasteiger partial charge is 0.395 e. The van der Waals surface area contributed by atoms with Crippen molar-refractivity contribution >= 4 is 17.4 Å². The lowest BCUT2D eigenvalue weighted by molar-refractivity contribution is 0.0458. The normalized spacial score (nSPS) is 21.2. The lowest BCUT2D eigenvalue weighted by atomic mass is 10.0. The van der Waals surface area contributed by atoms with Crippen LogP contribution in [0.25, 0.3) is 0 Å². The third kappa shape index (κ3) is 7.81. The molecule has 6 heteroatoms. The number of rotatable bonds is 10. The minimum Gasteiger partial charge on any atom is -0.395 e. The SMILES string of the molecule is CCO[Si](C)(CCCCN1CCN(C(C)(C)C)CC1[SiH](C)C)OCC. The summed E-state index contributed by atoms with van der Waals surface area (Å²) < 4.78 is 12.0. The first-order chi connectivity index (χ1) is 11.6. The van der Waals surface area contributed by atoms with Gasteiger partial charge in [-0.05, 0) is 60.2 Å². The van der Waals surface area contributed by atoms with Crippen molar-refractivity contribution in [3.63, 3.8) is 0 Å². The van der Waals surface area contributed by atoms with Gasteiger partial charge in [0.1, 0.15) is 0 Å². The summed E-state index contributed by atoms with van der Waals surface area (Å²) in [5.74, 6) is 0. The number of nitrogens with zero attached hydrogens (tertiary/aromatic N) is 2. The molecule has 0 N–H and O–H groups in total. The molecule has 1 unspecified atom stereocenters. The van der Waals surface area contributed by atoms with E-state index >= 15 is 0 Å². The third-order valence-corrected chi connectivity index (χ3v) is 10.7. The Hall–Kier alpha value is 0.274. The van der Waals surface area contributed by atoms with Crippen molar-refractivity contribution in [1.29, 1.82) is 0 Å². The molecule has 0 aromatic rings. The summed E-state index contributed by atoms with van der Waals surface area (Å²) in [4.78, 5) is 5.48. The van der Waals surface area contributed by atoms with Gasteiger partial charge in [0.15, 0.2) is 0 Å². The first-order valence-electron chi connectivity index (χ1n) is 10.4. The van der Waals surface area contributed by atoms with Crippen LogP contribution in [0.5, 0.6) is 0 Å². The monoisotopic (exact) mass is 388 g/mol. The highest BCUT2D eigenvalue weighted by Gasteiger charge is 2.34. The molecular formula is C19H44N2O2Si2. The number of unbranched alkanes of at least 4 members (excludes halogenated alkanes) is 1. The van der Waals surface area contributed by atoms with E-state index in [1.165, 1.54) is 39.0 Å². The molecule has 1 atom stereocenters. The minimum atomic E-state index is -1.93. The Labute approximate surface area is 160 Å². The number of hydrogen-bond acceptors (Lipinski definition) is 4. The molecule has 150 valence electrons. The molecule has 1 fully saturated rings. The van der Waals surface area contributed by atoms with Gasteiger partial charge in [-0.1, -0.05) is 19.5 Å². The molecule has 1 saturated heterocycles. The molecule has 25 heavy (non-hydrogen) atoms. The molecule has 4 nitrogen and oxygen atoms in total. The topological polar surface area (TPSA) is 24.9 Å². The molecule has 0 bridgehead atoms. The molecule has 0 amide bonds. The second kappa shape index (κ2) is 10.6.